The molecule has 1 amide bonds. The maximum Gasteiger partial charge on any atom is 0.255 e. The van der Waals surface area contributed by atoms with Gasteiger partial charge in [0.15, 0.2) is 0 Å². The van der Waals surface area contributed by atoms with Crippen molar-refractivity contribution in [1.29, 1.82) is 0 Å². The van der Waals surface area contributed by atoms with E-state index in [1.807, 2.05) is 17.9 Å². The van der Waals surface area contributed by atoms with Crippen LogP contribution in [0, 0.1) is 12.3 Å². The summed E-state index contributed by atoms with van der Waals surface area (Å²) >= 11 is 0. The van der Waals surface area contributed by atoms with Gasteiger partial charge in [-0.3, -0.25) is 9.78 Å². The molecule has 1 N–H and O–H groups in total. The summed E-state index contributed by atoms with van der Waals surface area (Å²) in [7, 11) is 2.11. The van der Waals surface area contributed by atoms with Crippen molar-refractivity contribution >= 4 is 5.91 Å². The highest BCUT2D eigenvalue weighted by molar-refractivity contribution is 5.94. The monoisotopic (exact) mass is 303 g/mol. The average molecular weight is 303 g/mol. The molecule has 3 heterocycles. The summed E-state index contributed by atoms with van der Waals surface area (Å²) < 4.78 is 0. The van der Waals surface area contributed by atoms with Crippen LogP contribution in [0.1, 0.15) is 35.2 Å². The molecule has 3 rings (SSSR count). The third-order valence-electron chi connectivity index (χ3n) is 5.42. The van der Waals surface area contributed by atoms with Crippen LogP contribution in [-0.2, 0) is 0 Å². The lowest BCUT2D eigenvalue weighted by Crippen LogP contribution is -2.62. The molecule has 120 valence electrons. The Morgan fingerprint density at radius 1 is 1.41 bits per heavy atom. The van der Waals surface area contributed by atoms with Crippen LogP contribution in [0.15, 0.2) is 18.5 Å². The van der Waals surface area contributed by atoms with Gasteiger partial charge >= 0.3 is 0 Å². The van der Waals surface area contributed by atoms with E-state index in [9.17, 15) is 9.90 Å². The van der Waals surface area contributed by atoms with Crippen LogP contribution in [0.2, 0.25) is 0 Å². The Kier molecular flexibility index (Phi) is 4.19. The van der Waals surface area contributed by atoms with Crippen molar-refractivity contribution < 1.29 is 9.90 Å². The minimum atomic E-state index is -0.0331. The van der Waals surface area contributed by atoms with Gasteiger partial charge in [0.05, 0.1) is 12.2 Å². The summed E-state index contributed by atoms with van der Waals surface area (Å²) in [5, 5.41) is 9.93. The molecule has 2 aliphatic heterocycles. The van der Waals surface area contributed by atoms with Crippen LogP contribution in [0.5, 0.6) is 0 Å². The van der Waals surface area contributed by atoms with Crippen LogP contribution < -0.4 is 0 Å². The third-order valence-corrected chi connectivity index (χ3v) is 5.42. The second kappa shape index (κ2) is 5.97. The summed E-state index contributed by atoms with van der Waals surface area (Å²) in [4.78, 5) is 21.1. The highest BCUT2D eigenvalue weighted by Gasteiger charge is 2.47. The Balaban J connectivity index is 1.79. The quantitative estimate of drug-likeness (QED) is 0.895. The Bertz CT molecular complexity index is 563. The number of hydrogen-bond donors (Lipinski definition) is 1. The number of aromatic nitrogens is 1. The smallest absolute Gasteiger partial charge is 0.255 e. The highest BCUT2D eigenvalue weighted by atomic mass is 16.3. The number of likely N-dealkylation sites (N-methyl/N-ethyl adjacent to an activating group) is 1. The highest BCUT2D eigenvalue weighted by Crippen LogP contribution is 2.41. The van der Waals surface area contributed by atoms with Crippen LogP contribution in [-0.4, -0.2) is 65.1 Å². The molecule has 0 unspecified atom stereocenters. The van der Waals surface area contributed by atoms with Crippen molar-refractivity contribution in [3.63, 3.8) is 0 Å². The van der Waals surface area contributed by atoms with Gasteiger partial charge in [0.25, 0.3) is 5.91 Å². The number of amides is 1. The van der Waals surface area contributed by atoms with Gasteiger partial charge in [-0.2, -0.15) is 0 Å². The van der Waals surface area contributed by atoms with Crippen molar-refractivity contribution in [2.24, 2.45) is 5.41 Å². The first kappa shape index (κ1) is 15.4. The number of fused-ring (bicyclic) bond motifs is 1. The number of carbonyl (C=O) groups excluding carboxylic acids is 1. The zero-order valence-electron chi connectivity index (χ0n) is 13.5. The lowest BCUT2D eigenvalue weighted by molar-refractivity contribution is -0.0601. The fourth-order valence-corrected chi connectivity index (χ4v) is 4.06. The van der Waals surface area contributed by atoms with Gasteiger partial charge in [0, 0.05) is 36.9 Å². The van der Waals surface area contributed by atoms with Crippen LogP contribution in [0.4, 0.5) is 0 Å². The SMILES string of the molecule is Cc1cncc(C(=O)N2CC[C@@]3(CO)CCCN(C)[C@@H]3C2)c1. The summed E-state index contributed by atoms with van der Waals surface area (Å²) in [6.07, 6.45) is 6.48. The summed E-state index contributed by atoms with van der Waals surface area (Å²) in [5.41, 5.74) is 1.63. The van der Waals surface area contributed by atoms with Gasteiger partial charge < -0.3 is 14.9 Å². The molecule has 2 aliphatic rings. The molecule has 0 bridgehead atoms. The molecular weight excluding hydrogens is 278 g/mol. The summed E-state index contributed by atoms with van der Waals surface area (Å²) in [6.45, 7) is 4.63. The number of piperidine rings is 2. The molecule has 0 aromatic carbocycles. The van der Waals surface area contributed by atoms with E-state index in [0.717, 1.165) is 37.9 Å². The number of rotatable bonds is 2. The number of likely N-dealkylation sites (tertiary alicyclic amines) is 2. The molecular formula is C17H25N3O2. The van der Waals surface area contributed by atoms with Crippen molar-refractivity contribution in [1.82, 2.24) is 14.8 Å². The predicted molar refractivity (Wildman–Crippen MR) is 84.7 cm³/mol. The Labute approximate surface area is 131 Å². The summed E-state index contributed by atoms with van der Waals surface area (Å²) in [6, 6.07) is 2.15. The molecule has 2 atom stereocenters. The van der Waals surface area contributed by atoms with Gasteiger partial charge in [-0.05, 0) is 51.4 Å². The number of aliphatic hydroxyl groups is 1. The number of pyridine rings is 1. The van der Waals surface area contributed by atoms with Crippen LogP contribution >= 0.6 is 0 Å². The van der Waals surface area contributed by atoms with E-state index in [1.54, 1.807) is 12.4 Å². The zero-order chi connectivity index (χ0) is 15.7. The van der Waals surface area contributed by atoms with Gasteiger partial charge in [0.2, 0.25) is 0 Å². The second-order valence-corrected chi connectivity index (χ2v) is 6.87. The molecule has 5 nitrogen and oxygen atoms in total. The zero-order valence-corrected chi connectivity index (χ0v) is 13.5. The first-order chi connectivity index (χ1) is 10.6. The molecule has 0 radical (unpaired) electrons. The molecule has 1 aromatic rings. The Hall–Kier alpha value is -1.46. The lowest BCUT2D eigenvalue weighted by Gasteiger charge is -2.53. The van der Waals surface area contributed by atoms with E-state index >= 15 is 0 Å². The predicted octanol–water partition coefficient (Wildman–Crippen LogP) is 1.31. The standard InChI is InChI=1S/C17H25N3O2/c1-13-8-14(10-18-9-13)16(22)20-7-5-17(12-21)4-3-6-19(2)15(17)11-20/h8-10,15,21H,3-7,11-12H2,1-2H3/t15-,17-/m1/s1. The molecule has 1 aromatic heterocycles. The second-order valence-electron chi connectivity index (χ2n) is 6.87. The number of carbonyl (C=O) groups is 1. The number of nitrogens with zero attached hydrogens (tertiary/aromatic N) is 3. The number of aryl methyl sites for hydroxylation is 1. The third kappa shape index (κ3) is 2.63. The van der Waals surface area contributed by atoms with Gasteiger partial charge in [-0.15, -0.1) is 0 Å². The molecule has 5 heteroatoms. The minimum Gasteiger partial charge on any atom is -0.396 e. The molecule has 0 aliphatic carbocycles. The molecule has 2 fully saturated rings. The van der Waals surface area contributed by atoms with Gasteiger partial charge in [-0.1, -0.05) is 0 Å². The van der Waals surface area contributed by atoms with Crippen LogP contribution in [0.3, 0.4) is 0 Å². The van der Waals surface area contributed by atoms with Crippen LogP contribution in [0.25, 0.3) is 0 Å². The van der Waals surface area contributed by atoms with E-state index in [2.05, 4.69) is 16.9 Å². The fraction of sp³-hybridized carbons (Fsp3) is 0.647. The first-order valence-electron chi connectivity index (χ1n) is 8.08. The summed E-state index contributed by atoms with van der Waals surface area (Å²) in [5.74, 6) is 0.0571. The molecule has 22 heavy (non-hydrogen) atoms. The molecule has 0 saturated carbocycles. The van der Waals surface area contributed by atoms with Crippen molar-refractivity contribution in [3.05, 3.63) is 29.6 Å². The Morgan fingerprint density at radius 3 is 2.95 bits per heavy atom. The minimum absolute atomic E-state index is 0.0331. The maximum atomic E-state index is 12.7. The van der Waals surface area contributed by atoms with E-state index in [0.29, 0.717) is 12.1 Å². The maximum absolute atomic E-state index is 12.7. The topological polar surface area (TPSA) is 56.7 Å². The van der Waals surface area contributed by atoms with E-state index in [1.165, 1.54) is 0 Å². The van der Waals surface area contributed by atoms with Gasteiger partial charge in [0.1, 0.15) is 0 Å². The largest absolute Gasteiger partial charge is 0.396 e. The lowest BCUT2D eigenvalue weighted by atomic mass is 9.69. The first-order valence-corrected chi connectivity index (χ1v) is 8.08. The van der Waals surface area contributed by atoms with E-state index in [4.69, 9.17) is 0 Å². The molecule has 0 spiro atoms. The Morgan fingerprint density at radius 2 is 2.23 bits per heavy atom. The molecule has 2 saturated heterocycles. The van der Waals surface area contributed by atoms with E-state index < -0.39 is 0 Å². The van der Waals surface area contributed by atoms with Crippen molar-refractivity contribution in [2.45, 2.75) is 32.2 Å². The normalized spacial score (nSPS) is 29.2. The number of hydrogen-bond acceptors (Lipinski definition) is 4. The number of aliphatic hydroxyl groups excluding tert-OH is 1. The van der Waals surface area contributed by atoms with E-state index in [-0.39, 0.29) is 24.0 Å². The van der Waals surface area contributed by atoms with Gasteiger partial charge in [-0.25, -0.2) is 0 Å². The van der Waals surface area contributed by atoms with Crippen molar-refractivity contribution in [3.8, 4) is 0 Å². The fourth-order valence-electron chi connectivity index (χ4n) is 4.06. The van der Waals surface area contributed by atoms with Crippen molar-refractivity contribution in [2.75, 3.05) is 33.3 Å². The average Bonchev–Trinajstić information content (AvgIpc) is 2.54.